The first-order chi connectivity index (χ1) is 6.02. The van der Waals surface area contributed by atoms with Gasteiger partial charge in [0.05, 0.1) is 0 Å². The van der Waals surface area contributed by atoms with Gasteiger partial charge in [0.15, 0.2) is 2.57 Å². The Morgan fingerprint density at radius 2 is 2.08 bits per heavy atom. The number of hydrogen-bond acceptors (Lipinski definition) is 3. The average molecular weight is 323 g/mol. The topological polar surface area (TPSA) is 43.1 Å². The zero-order chi connectivity index (χ0) is 9.64. The van der Waals surface area contributed by atoms with E-state index < -0.39 is 2.57 Å². The molecule has 0 bridgehead atoms. The number of anilines is 1. The van der Waals surface area contributed by atoms with Crippen LogP contribution in [0, 0.1) is 0 Å². The molecule has 2 N–H and O–H groups in total. The fourth-order valence-electron chi connectivity index (χ4n) is 1.18. The number of fused-ring (bicyclic) bond motifs is 1. The maximum atomic E-state index is 11.7. The van der Waals surface area contributed by atoms with Gasteiger partial charge in [0.1, 0.15) is 0 Å². The van der Waals surface area contributed by atoms with Crippen LogP contribution in [0.15, 0.2) is 23.1 Å². The van der Waals surface area contributed by atoms with E-state index in [1.807, 2.05) is 0 Å². The van der Waals surface area contributed by atoms with Crippen molar-refractivity contribution in [1.82, 2.24) is 0 Å². The standard InChI is InChI=1S/C8H5Br2NOS/c9-8(10)7(12)4-2-1-3-5(11)6(4)13-8/h1-3H,11H2. The highest BCUT2D eigenvalue weighted by Gasteiger charge is 2.43. The van der Waals surface area contributed by atoms with Gasteiger partial charge in [-0.3, -0.25) is 4.79 Å². The van der Waals surface area contributed by atoms with E-state index in [1.54, 1.807) is 18.2 Å². The van der Waals surface area contributed by atoms with Crippen LogP contribution in [0.4, 0.5) is 5.69 Å². The molecule has 0 aromatic heterocycles. The van der Waals surface area contributed by atoms with E-state index in [0.29, 0.717) is 11.3 Å². The van der Waals surface area contributed by atoms with Crippen LogP contribution in [0.3, 0.4) is 0 Å². The summed E-state index contributed by atoms with van der Waals surface area (Å²) in [5.41, 5.74) is 7.07. The molecule has 0 amide bonds. The van der Waals surface area contributed by atoms with Gasteiger partial charge in [-0.2, -0.15) is 0 Å². The quantitative estimate of drug-likeness (QED) is 0.590. The molecule has 13 heavy (non-hydrogen) atoms. The van der Waals surface area contributed by atoms with Crippen molar-refractivity contribution in [3.63, 3.8) is 0 Å². The molecule has 0 fully saturated rings. The summed E-state index contributed by atoms with van der Waals surface area (Å²) in [7, 11) is 0. The third-order valence-corrected chi connectivity index (χ3v) is 4.58. The predicted molar refractivity (Wildman–Crippen MR) is 61.6 cm³/mol. The summed E-state index contributed by atoms with van der Waals surface area (Å²) < 4.78 is -0.724. The molecule has 0 atom stereocenters. The largest absolute Gasteiger partial charge is 0.398 e. The highest BCUT2D eigenvalue weighted by atomic mass is 79.9. The van der Waals surface area contributed by atoms with Gasteiger partial charge in [0.25, 0.3) is 0 Å². The monoisotopic (exact) mass is 321 g/mol. The first-order valence-electron chi connectivity index (χ1n) is 3.52. The molecule has 0 unspecified atom stereocenters. The number of Topliss-reactive ketones (excluding diaryl/α,β-unsaturated/α-hetero) is 1. The van der Waals surface area contributed by atoms with E-state index in [4.69, 9.17) is 5.73 Å². The number of alkyl halides is 2. The predicted octanol–water partition coefficient (Wildman–Crippen LogP) is 3.00. The summed E-state index contributed by atoms with van der Waals surface area (Å²) in [5.74, 6) is 0.0137. The lowest BCUT2D eigenvalue weighted by Gasteiger charge is -2.07. The molecule has 2 rings (SSSR count). The van der Waals surface area contributed by atoms with Gasteiger partial charge in [-0.15, -0.1) is 0 Å². The van der Waals surface area contributed by atoms with Crippen molar-refractivity contribution < 1.29 is 4.79 Å². The number of carbonyl (C=O) groups excluding carboxylic acids is 1. The molecule has 1 aliphatic rings. The molecule has 1 heterocycles. The van der Waals surface area contributed by atoms with Crippen LogP contribution in [-0.4, -0.2) is 8.35 Å². The van der Waals surface area contributed by atoms with Crippen LogP contribution in [0.1, 0.15) is 10.4 Å². The van der Waals surface area contributed by atoms with E-state index in [0.717, 1.165) is 4.90 Å². The van der Waals surface area contributed by atoms with Crippen LogP contribution in [0.25, 0.3) is 0 Å². The Hall–Kier alpha value is -0.000000000000000167. The normalized spacial score (nSPS) is 18.8. The Kier molecular flexibility index (Phi) is 2.20. The lowest BCUT2D eigenvalue weighted by molar-refractivity contribution is 0.101. The van der Waals surface area contributed by atoms with Crippen molar-refractivity contribution in [1.29, 1.82) is 0 Å². The molecule has 2 nitrogen and oxygen atoms in total. The molecule has 1 aliphatic heterocycles. The second-order valence-electron chi connectivity index (χ2n) is 2.67. The van der Waals surface area contributed by atoms with E-state index in [-0.39, 0.29) is 5.78 Å². The number of ketones is 1. The minimum atomic E-state index is -0.724. The number of hydrogen-bond donors (Lipinski definition) is 1. The average Bonchev–Trinajstić information content (AvgIpc) is 2.28. The summed E-state index contributed by atoms with van der Waals surface area (Å²) in [6, 6.07) is 5.36. The first-order valence-corrected chi connectivity index (χ1v) is 5.93. The molecular formula is C8H5Br2NOS. The Morgan fingerprint density at radius 3 is 2.69 bits per heavy atom. The lowest BCUT2D eigenvalue weighted by Crippen LogP contribution is -2.13. The van der Waals surface area contributed by atoms with Crippen molar-refractivity contribution >= 4 is 55.1 Å². The zero-order valence-electron chi connectivity index (χ0n) is 6.38. The van der Waals surface area contributed by atoms with Crippen molar-refractivity contribution in [2.75, 3.05) is 5.73 Å². The molecule has 0 saturated heterocycles. The number of rotatable bonds is 0. The molecule has 5 heteroatoms. The van der Waals surface area contributed by atoms with Gasteiger partial charge in [0, 0.05) is 16.1 Å². The van der Waals surface area contributed by atoms with Crippen molar-refractivity contribution in [3.8, 4) is 0 Å². The van der Waals surface area contributed by atoms with E-state index in [1.165, 1.54) is 11.8 Å². The minimum absolute atomic E-state index is 0.0137. The summed E-state index contributed by atoms with van der Waals surface area (Å²) in [6.07, 6.45) is 0. The van der Waals surface area contributed by atoms with Crippen LogP contribution in [0.2, 0.25) is 0 Å². The minimum Gasteiger partial charge on any atom is -0.398 e. The van der Waals surface area contributed by atoms with Crippen molar-refractivity contribution in [3.05, 3.63) is 23.8 Å². The SMILES string of the molecule is Nc1cccc2c1SC(Br)(Br)C2=O. The van der Waals surface area contributed by atoms with E-state index >= 15 is 0 Å². The van der Waals surface area contributed by atoms with Crippen LogP contribution >= 0.6 is 43.6 Å². The smallest absolute Gasteiger partial charge is 0.201 e. The Bertz CT molecular complexity index is 392. The van der Waals surface area contributed by atoms with Gasteiger partial charge in [-0.05, 0) is 12.1 Å². The van der Waals surface area contributed by atoms with Gasteiger partial charge in [0.2, 0.25) is 5.78 Å². The number of nitrogen functional groups attached to an aromatic ring is 1. The number of carbonyl (C=O) groups is 1. The van der Waals surface area contributed by atoms with E-state index in [2.05, 4.69) is 31.9 Å². The molecule has 0 aliphatic carbocycles. The fraction of sp³-hybridized carbons (Fsp3) is 0.125. The van der Waals surface area contributed by atoms with Crippen LogP contribution in [-0.2, 0) is 0 Å². The van der Waals surface area contributed by atoms with Crippen molar-refractivity contribution in [2.24, 2.45) is 0 Å². The Balaban J connectivity index is 2.63. The summed E-state index contributed by atoms with van der Waals surface area (Å²) >= 11 is 7.98. The molecule has 68 valence electrons. The fourth-order valence-corrected chi connectivity index (χ4v) is 3.49. The first kappa shape index (κ1) is 9.55. The maximum Gasteiger partial charge on any atom is 0.201 e. The third kappa shape index (κ3) is 1.43. The van der Waals surface area contributed by atoms with Gasteiger partial charge in [-0.25, -0.2) is 0 Å². The third-order valence-electron chi connectivity index (χ3n) is 1.78. The summed E-state index contributed by atoms with van der Waals surface area (Å²) in [5, 5.41) is 0. The van der Waals surface area contributed by atoms with E-state index in [9.17, 15) is 4.79 Å². The lowest BCUT2D eigenvalue weighted by atomic mass is 10.1. The van der Waals surface area contributed by atoms with Gasteiger partial charge >= 0.3 is 0 Å². The molecule has 0 radical (unpaired) electrons. The number of nitrogens with two attached hydrogens (primary N) is 1. The highest BCUT2D eigenvalue weighted by molar-refractivity contribution is 9.28. The Labute approximate surface area is 96.5 Å². The molecule has 0 spiro atoms. The molecule has 0 saturated carbocycles. The number of benzene rings is 1. The van der Waals surface area contributed by atoms with Crippen molar-refractivity contribution in [2.45, 2.75) is 7.46 Å². The van der Waals surface area contributed by atoms with Crippen LogP contribution in [0.5, 0.6) is 0 Å². The maximum absolute atomic E-state index is 11.7. The van der Waals surface area contributed by atoms with Gasteiger partial charge in [-0.1, -0.05) is 49.7 Å². The molecular weight excluding hydrogens is 318 g/mol. The number of halogens is 2. The van der Waals surface area contributed by atoms with Crippen LogP contribution < -0.4 is 5.73 Å². The second-order valence-corrected chi connectivity index (χ2v) is 8.39. The second kappa shape index (κ2) is 3.00. The van der Waals surface area contributed by atoms with Gasteiger partial charge < -0.3 is 5.73 Å². The summed E-state index contributed by atoms with van der Waals surface area (Å²) in [6.45, 7) is 0. The summed E-state index contributed by atoms with van der Waals surface area (Å²) in [4.78, 5) is 12.5. The number of thioether (sulfide) groups is 1. The zero-order valence-corrected chi connectivity index (χ0v) is 10.4. The molecule has 1 aromatic carbocycles. The molecule has 1 aromatic rings. The Morgan fingerprint density at radius 1 is 1.38 bits per heavy atom. The highest BCUT2D eigenvalue weighted by Crippen LogP contribution is 2.54.